The number of aromatic nitrogens is 3. The molecule has 5 nitrogen and oxygen atoms in total. The van der Waals surface area contributed by atoms with Crippen LogP contribution in [0.1, 0.15) is 0 Å². The highest BCUT2D eigenvalue weighted by atomic mass is 16.3. The molecule has 0 fully saturated rings. The van der Waals surface area contributed by atoms with Gasteiger partial charge in [0.15, 0.2) is 5.58 Å². The molecule has 3 heterocycles. The molecule has 6 aromatic carbocycles. The van der Waals surface area contributed by atoms with Crippen LogP contribution in [0.5, 0.6) is 0 Å². The van der Waals surface area contributed by atoms with Crippen LogP contribution in [0.4, 0.5) is 17.1 Å². The number of hydrogen-bond donors (Lipinski definition) is 0. The molecule has 48 heavy (non-hydrogen) atoms. The van der Waals surface area contributed by atoms with Crippen LogP contribution in [0.3, 0.4) is 0 Å². The van der Waals surface area contributed by atoms with E-state index in [1.54, 1.807) is 0 Å². The molecule has 9 aromatic rings. The van der Waals surface area contributed by atoms with Gasteiger partial charge < -0.3 is 9.32 Å². The third kappa shape index (κ3) is 5.13. The van der Waals surface area contributed by atoms with Gasteiger partial charge in [0, 0.05) is 56.9 Å². The fourth-order valence-electron chi connectivity index (χ4n) is 6.26. The maximum atomic E-state index is 6.05. The van der Waals surface area contributed by atoms with Crippen molar-refractivity contribution >= 4 is 50.0 Å². The second kappa shape index (κ2) is 11.6. The minimum atomic E-state index is 0.607. The smallest absolute Gasteiger partial charge is 0.227 e. The Morgan fingerprint density at radius 1 is 0.396 bits per heavy atom. The number of nitrogens with zero attached hydrogens (tertiary/aromatic N) is 4. The second-order valence-corrected chi connectivity index (χ2v) is 11.8. The van der Waals surface area contributed by atoms with Crippen molar-refractivity contribution in [2.24, 2.45) is 0 Å². The van der Waals surface area contributed by atoms with Crippen LogP contribution >= 0.6 is 0 Å². The van der Waals surface area contributed by atoms with Crippen molar-refractivity contribution < 1.29 is 4.42 Å². The summed E-state index contributed by atoms with van der Waals surface area (Å²) in [5, 5.41) is 2.25. The van der Waals surface area contributed by atoms with Gasteiger partial charge in [0.25, 0.3) is 0 Å². The zero-order valence-electron chi connectivity index (χ0n) is 25.9. The summed E-state index contributed by atoms with van der Waals surface area (Å²) in [5.41, 5.74) is 12.0. The van der Waals surface area contributed by atoms with E-state index in [-0.39, 0.29) is 0 Å². The average Bonchev–Trinajstić information content (AvgIpc) is 3.60. The predicted octanol–water partition coefficient (Wildman–Crippen LogP) is 11.4. The standard InChI is InChI=1S/C43H28N4O/c1-3-9-39-32(7-1)25-34(27-44-39)29-13-19-36(20-14-29)47(38-23-17-31(18-24-38)43-46-41-11-5-6-12-42(41)48-43)37-21-15-30(16-22-37)35-26-33-8-2-4-10-40(33)45-28-35/h1-28H. The number of rotatable bonds is 6. The molecule has 0 bridgehead atoms. The van der Waals surface area contributed by atoms with E-state index in [1.165, 1.54) is 0 Å². The van der Waals surface area contributed by atoms with Gasteiger partial charge in [0.2, 0.25) is 5.89 Å². The van der Waals surface area contributed by atoms with E-state index in [9.17, 15) is 0 Å². The molecule has 0 saturated carbocycles. The molecule has 0 amide bonds. The van der Waals surface area contributed by atoms with Crippen molar-refractivity contribution in [3.05, 3.63) is 170 Å². The van der Waals surface area contributed by atoms with Crippen LogP contribution in [-0.2, 0) is 0 Å². The van der Waals surface area contributed by atoms with Gasteiger partial charge >= 0.3 is 0 Å². The number of anilines is 3. The fraction of sp³-hybridized carbons (Fsp3) is 0. The first-order valence-corrected chi connectivity index (χ1v) is 15.9. The lowest BCUT2D eigenvalue weighted by atomic mass is 10.0. The summed E-state index contributed by atoms with van der Waals surface area (Å²) in [6, 6.07) is 54.3. The van der Waals surface area contributed by atoms with Gasteiger partial charge in [-0.3, -0.25) is 9.97 Å². The zero-order chi connectivity index (χ0) is 31.9. The molecule has 0 spiro atoms. The molecule has 5 heteroatoms. The SMILES string of the molecule is c1ccc2ncc(-c3ccc(N(c4ccc(-c5cnc6ccccc6c5)cc4)c4ccc(-c5nc6ccccc6o5)cc4)cc3)cc2c1. The molecular weight excluding hydrogens is 589 g/mol. The third-order valence-corrected chi connectivity index (χ3v) is 8.76. The molecule has 0 radical (unpaired) electrons. The van der Waals surface area contributed by atoms with E-state index >= 15 is 0 Å². The quantitative estimate of drug-likeness (QED) is 0.186. The Balaban J connectivity index is 1.09. The lowest BCUT2D eigenvalue weighted by Gasteiger charge is -2.26. The molecule has 0 N–H and O–H groups in total. The van der Waals surface area contributed by atoms with Crippen LogP contribution in [0.15, 0.2) is 175 Å². The molecular formula is C43H28N4O. The Labute approximate surface area is 277 Å². The Kier molecular flexibility index (Phi) is 6.72. The summed E-state index contributed by atoms with van der Waals surface area (Å²) in [5.74, 6) is 0.607. The van der Waals surface area contributed by atoms with Gasteiger partial charge in [0.05, 0.1) is 11.0 Å². The van der Waals surface area contributed by atoms with Crippen molar-refractivity contribution in [3.63, 3.8) is 0 Å². The molecule has 226 valence electrons. The van der Waals surface area contributed by atoms with Crippen LogP contribution < -0.4 is 4.90 Å². The number of fused-ring (bicyclic) bond motifs is 3. The first kappa shape index (κ1) is 27.7. The van der Waals surface area contributed by atoms with E-state index in [1.807, 2.05) is 73.1 Å². The Morgan fingerprint density at radius 2 is 0.833 bits per heavy atom. The lowest BCUT2D eigenvalue weighted by molar-refractivity contribution is 0.620. The highest BCUT2D eigenvalue weighted by Crippen LogP contribution is 2.38. The summed E-state index contributed by atoms with van der Waals surface area (Å²) in [6.45, 7) is 0. The van der Waals surface area contributed by atoms with Crippen LogP contribution in [0.25, 0.3) is 66.6 Å². The zero-order valence-corrected chi connectivity index (χ0v) is 25.9. The molecule has 9 rings (SSSR count). The topological polar surface area (TPSA) is 55.1 Å². The summed E-state index contributed by atoms with van der Waals surface area (Å²) >= 11 is 0. The molecule has 0 aliphatic carbocycles. The Bertz CT molecular complexity index is 2400. The highest BCUT2D eigenvalue weighted by molar-refractivity contribution is 5.86. The minimum absolute atomic E-state index is 0.607. The predicted molar refractivity (Wildman–Crippen MR) is 196 cm³/mol. The van der Waals surface area contributed by atoms with Crippen LogP contribution in [0.2, 0.25) is 0 Å². The number of para-hydroxylation sites is 4. The van der Waals surface area contributed by atoms with E-state index in [2.05, 4.69) is 112 Å². The number of benzene rings is 6. The third-order valence-electron chi connectivity index (χ3n) is 8.76. The van der Waals surface area contributed by atoms with Gasteiger partial charge in [-0.1, -0.05) is 72.8 Å². The number of oxazole rings is 1. The van der Waals surface area contributed by atoms with Crippen molar-refractivity contribution in [3.8, 4) is 33.7 Å². The first-order chi connectivity index (χ1) is 23.7. The molecule has 0 unspecified atom stereocenters. The van der Waals surface area contributed by atoms with Gasteiger partial charge in [-0.15, -0.1) is 0 Å². The van der Waals surface area contributed by atoms with Crippen molar-refractivity contribution in [1.82, 2.24) is 15.0 Å². The Morgan fingerprint density at radius 3 is 1.33 bits per heavy atom. The van der Waals surface area contributed by atoms with Gasteiger partial charge in [-0.05, 0) is 96.1 Å². The van der Waals surface area contributed by atoms with E-state index < -0.39 is 0 Å². The van der Waals surface area contributed by atoms with Crippen LogP contribution in [-0.4, -0.2) is 15.0 Å². The molecule has 0 aliphatic heterocycles. The van der Waals surface area contributed by atoms with Crippen molar-refractivity contribution in [2.75, 3.05) is 4.90 Å². The summed E-state index contributed by atoms with van der Waals surface area (Å²) in [7, 11) is 0. The van der Waals surface area contributed by atoms with E-state index in [0.29, 0.717) is 5.89 Å². The monoisotopic (exact) mass is 616 g/mol. The second-order valence-electron chi connectivity index (χ2n) is 11.8. The minimum Gasteiger partial charge on any atom is -0.436 e. The van der Waals surface area contributed by atoms with Crippen molar-refractivity contribution in [2.45, 2.75) is 0 Å². The summed E-state index contributed by atoms with van der Waals surface area (Å²) < 4.78 is 6.05. The maximum Gasteiger partial charge on any atom is 0.227 e. The molecule has 3 aromatic heterocycles. The normalized spacial score (nSPS) is 11.3. The van der Waals surface area contributed by atoms with E-state index in [4.69, 9.17) is 9.40 Å². The van der Waals surface area contributed by atoms with Gasteiger partial charge in [-0.25, -0.2) is 4.98 Å². The first-order valence-electron chi connectivity index (χ1n) is 15.9. The fourth-order valence-corrected chi connectivity index (χ4v) is 6.26. The lowest BCUT2D eigenvalue weighted by Crippen LogP contribution is -2.09. The highest BCUT2D eigenvalue weighted by Gasteiger charge is 2.15. The van der Waals surface area contributed by atoms with Crippen molar-refractivity contribution in [1.29, 1.82) is 0 Å². The van der Waals surface area contributed by atoms with Crippen LogP contribution in [0, 0.1) is 0 Å². The maximum absolute atomic E-state index is 6.05. The molecule has 0 aliphatic rings. The number of hydrogen-bond acceptors (Lipinski definition) is 5. The molecule has 0 saturated heterocycles. The van der Waals surface area contributed by atoms with Gasteiger partial charge in [-0.2, -0.15) is 0 Å². The summed E-state index contributed by atoms with van der Waals surface area (Å²) in [6.07, 6.45) is 3.89. The molecule has 0 atom stereocenters. The Hall–Kier alpha value is -6.59. The number of pyridine rings is 2. The average molecular weight is 617 g/mol. The summed E-state index contributed by atoms with van der Waals surface area (Å²) in [4.78, 5) is 16.3. The van der Waals surface area contributed by atoms with E-state index in [0.717, 1.165) is 77.8 Å². The largest absolute Gasteiger partial charge is 0.436 e. The van der Waals surface area contributed by atoms with Gasteiger partial charge in [0.1, 0.15) is 5.52 Å².